The molecule has 0 heterocycles. The smallest absolute Gasteiger partial charge is 0.0340 e. The lowest BCUT2D eigenvalue weighted by Crippen LogP contribution is -2.38. The molecule has 0 bridgehead atoms. The molecule has 0 radical (unpaired) electrons. The van der Waals surface area contributed by atoms with Gasteiger partial charge in [-0.25, -0.2) is 0 Å². The van der Waals surface area contributed by atoms with Crippen LogP contribution in [0.15, 0.2) is 71.8 Å². The van der Waals surface area contributed by atoms with Crippen molar-refractivity contribution in [3.8, 4) is 0 Å². The minimum atomic E-state index is 0.0919. The molecule has 0 aromatic heterocycles. The Morgan fingerprint density at radius 1 is 0.630 bits per heavy atom. The number of benzene rings is 2. The fraction of sp³-hybridized carbons (Fsp3) is 0.407. The van der Waals surface area contributed by atoms with Crippen LogP contribution in [0.1, 0.15) is 48.9 Å². The Kier molecular flexibility index (Phi) is 3.76. The van der Waals surface area contributed by atoms with E-state index in [-0.39, 0.29) is 5.41 Å². The molecule has 3 aliphatic carbocycles. The van der Waals surface area contributed by atoms with Gasteiger partial charge in [0, 0.05) is 5.41 Å². The van der Waals surface area contributed by atoms with Crippen molar-refractivity contribution < 1.29 is 0 Å². The number of aryl methyl sites for hydroxylation is 2. The van der Waals surface area contributed by atoms with Gasteiger partial charge in [0.15, 0.2) is 0 Å². The number of allylic oxidation sites excluding steroid dienone is 4. The van der Waals surface area contributed by atoms with E-state index in [4.69, 9.17) is 0 Å². The van der Waals surface area contributed by atoms with Crippen molar-refractivity contribution in [1.82, 2.24) is 0 Å². The molecular weight excluding hydrogens is 324 g/mol. The monoisotopic (exact) mass is 354 g/mol. The second kappa shape index (κ2) is 5.96. The molecule has 0 heteroatoms. The predicted molar refractivity (Wildman–Crippen MR) is 114 cm³/mol. The normalized spacial score (nSPS) is 30.7. The van der Waals surface area contributed by atoms with Crippen molar-refractivity contribution in [3.63, 3.8) is 0 Å². The summed E-state index contributed by atoms with van der Waals surface area (Å²) >= 11 is 0. The number of hydrogen-bond acceptors (Lipinski definition) is 0. The van der Waals surface area contributed by atoms with Crippen LogP contribution in [0.2, 0.25) is 0 Å². The first-order valence-electron chi connectivity index (χ1n) is 10.6. The molecule has 4 atom stereocenters. The molecule has 0 amide bonds. The quantitative estimate of drug-likeness (QED) is 0.558. The number of hydrogen-bond donors (Lipinski definition) is 0. The van der Waals surface area contributed by atoms with E-state index < -0.39 is 0 Å². The van der Waals surface area contributed by atoms with Gasteiger partial charge in [0.2, 0.25) is 0 Å². The van der Waals surface area contributed by atoms with Crippen molar-refractivity contribution >= 4 is 0 Å². The summed E-state index contributed by atoms with van der Waals surface area (Å²) in [6.07, 6.45) is 7.73. The Balaban J connectivity index is 1.80. The topological polar surface area (TPSA) is 0 Å². The van der Waals surface area contributed by atoms with E-state index in [1.807, 2.05) is 0 Å². The van der Waals surface area contributed by atoms with E-state index in [1.165, 1.54) is 35.1 Å². The van der Waals surface area contributed by atoms with Crippen LogP contribution in [0.4, 0.5) is 0 Å². The molecule has 2 aromatic rings. The highest BCUT2D eigenvalue weighted by Crippen LogP contribution is 2.66. The highest BCUT2D eigenvalue weighted by atomic mass is 14.6. The third kappa shape index (κ3) is 2.35. The van der Waals surface area contributed by atoms with Crippen molar-refractivity contribution in [3.05, 3.63) is 94.1 Å². The second-order valence-electron chi connectivity index (χ2n) is 9.38. The van der Waals surface area contributed by atoms with Gasteiger partial charge in [0.1, 0.15) is 0 Å². The van der Waals surface area contributed by atoms with Crippen LogP contribution in [-0.4, -0.2) is 0 Å². The van der Waals surface area contributed by atoms with Crippen LogP contribution in [-0.2, 0) is 5.41 Å². The van der Waals surface area contributed by atoms with E-state index in [9.17, 15) is 0 Å². The lowest BCUT2D eigenvalue weighted by Gasteiger charge is -2.41. The zero-order valence-electron chi connectivity index (χ0n) is 17.0. The zero-order valence-corrected chi connectivity index (χ0v) is 17.0. The first-order valence-corrected chi connectivity index (χ1v) is 10.6. The van der Waals surface area contributed by atoms with Crippen LogP contribution < -0.4 is 0 Å². The van der Waals surface area contributed by atoms with Gasteiger partial charge in [0.05, 0.1) is 0 Å². The van der Waals surface area contributed by atoms with E-state index in [1.54, 1.807) is 11.1 Å². The zero-order chi connectivity index (χ0) is 18.8. The van der Waals surface area contributed by atoms with Crippen LogP contribution in [0.25, 0.3) is 0 Å². The lowest BCUT2D eigenvalue weighted by atomic mass is 9.61. The predicted octanol–water partition coefficient (Wildman–Crippen LogP) is 6.77. The van der Waals surface area contributed by atoms with E-state index >= 15 is 0 Å². The van der Waals surface area contributed by atoms with Gasteiger partial charge in [-0.1, -0.05) is 85.7 Å². The average molecular weight is 355 g/mol. The van der Waals surface area contributed by atoms with Gasteiger partial charge < -0.3 is 0 Å². The Hall–Kier alpha value is -2.08. The maximum absolute atomic E-state index is 2.59. The molecule has 1 saturated carbocycles. The minimum Gasteiger partial charge on any atom is -0.0778 e. The molecule has 27 heavy (non-hydrogen) atoms. The first kappa shape index (κ1) is 17.0. The summed E-state index contributed by atoms with van der Waals surface area (Å²) in [6, 6.07) is 18.9. The maximum atomic E-state index is 2.59. The second-order valence-corrected chi connectivity index (χ2v) is 9.38. The number of rotatable bonds is 2. The van der Waals surface area contributed by atoms with Crippen LogP contribution in [0.5, 0.6) is 0 Å². The molecular formula is C27H30. The summed E-state index contributed by atoms with van der Waals surface area (Å²) in [5.41, 5.74) is 9.16. The van der Waals surface area contributed by atoms with E-state index in [2.05, 4.69) is 88.4 Å². The largest absolute Gasteiger partial charge is 0.0778 e. The first-order chi connectivity index (χ1) is 13.0. The molecule has 0 saturated heterocycles. The molecule has 5 rings (SSSR count). The highest BCUT2D eigenvalue weighted by molar-refractivity contribution is 5.60. The van der Waals surface area contributed by atoms with Crippen LogP contribution in [0.3, 0.4) is 0 Å². The summed E-state index contributed by atoms with van der Waals surface area (Å²) in [5.74, 6) is 2.58. The summed E-state index contributed by atoms with van der Waals surface area (Å²) < 4.78 is 0. The van der Waals surface area contributed by atoms with E-state index in [0.29, 0.717) is 23.7 Å². The maximum Gasteiger partial charge on any atom is 0.0340 e. The van der Waals surface area contributed by atoms with Gasteiger partial charge in [-0.15, -0.1) is 0 Å². The van der Waals surface area contributed by atoms with Crippen molar-refractivity contribution in [1.29, 1.82) is 0 Å². The van der Waals surface area contributed by atoms with Crippen molar-refractivity contribution in [2.75, 3.05) is 0 Å². The van der Waals surface area contributed by atoms with Gasteiger partial charge in [-0.05, 0) is 72.6 Å². The molecule has 0 N–H and O–H groups in total. The molecule has 1 fully saturated rings. The van der Waals surface area contributed by atoms with Crippen molar-refractivity contribution in [2.24, 2.45) is 23.7 Å². The Bertz CT molecular complexity index is 844. The van der Waals surface area contributed by atoms with Crippen LogP contribution in [0, 0.1) is 37.5 Å². The molecule has 3 aliphatic rings. The third-order valence-corrected chi connectivity index (χ3v) is 7.39. The highest BCUT2D eigenvalue weighted by Gasteiger charge is 2.59. The molecule has 0 nitrogen and oxygen atoms in total. The Morgan fingerprint density at radius 2 is 1.00 bits per heavy atom. The minimum absolute atomic E-state index is 0.0919. The Labute approximate surface area is 164 Å². The Morgan fingerprint density at radius 3 is 1.37 bits per heavy atom. The molecule has 0 spiro atoms. The van der Waals surface area contributed by atoms with Crippen LogP contribution >= 0.6 is 0 Å². The fourth-order valence-corrected chi connectivity index (χ4v) is 6.31. The SMILES string of the molecule is Cc1ccc(C2(c3ccc(C)cc3)C3CC(C)C=C3C3=CC(C)CC32)cc1. The van der Waals surface area contributed by atoms with Crippen molar-refractivity contribution in [2.45, 2.75) is 46.0 Å². The summed E-state index contributed by atoms with van der Waals surface area (Å²) in [7, 11) is 0. The summed E-state index contributed by atoms with van der Waals surface area (Å²) in [5, 5.41) is 0. The molecule has 2 aromatic carbocycles. The third-order valence-electron chi connectivity index (χ3n) is 7.39. The van der Waals surface area contributed by atoms with Gasteiger partial charge >= 0.3 is 0 Å². The standard InChI is InChI=1S/C27H30/c1-17-5-9-21(10-6-17)27(22-11-7-18(2)8-12-22)25-15-19(3)13-23(25)24-14-20(4)16-26(24)27/h5-14,19-20,25-26H,15-16H2,1-4H3. The summed E-state index contributed by atoms with van der Waals surface area (Å²) in [6.45, 7) is 9.19. The van der Waals surface area contributed by atoms with Gasteiger partial charge in [-0.3, -0.25) is 0 Å². The van der Waals surface area contributed by atoms with E-state index in [0.717, 1.165) is 0 Å². The van der Waals surface area contributed by atoms with Gasteiger partial charge in [0.25, 0.3) is 0 Å². The lowest BCUT2D eigenvalue weighted by molar-refractivity contribution is 0.287. The number of fused-ring (bicyclic) bond motifs is 3. The molecule has 0 aliphatic heterocycles. The summed E-state index contributed by atoms with van der Waals surface area (Å²) in [4.78, 5) is 0. The average Bonchev–Trinajstić information content (AvgIpc) is 3.27. The molecule has 138 valence electrons. The fourth-order valence-electron chi connectivity index (χ4n) is 6.31. The van der Waals surface area contributed by atoms with Gasteiger partial charge in [-0.2, -0.15) is 0 Å². The molecule has 4 unspecified atom stereocenters.